The van der Waals surface area contributed by atoms with Crippen LogP contribution in [0.15, 0.2) is 36.8 Å². The van der Waals surface area contributed by atoms with Crippen LogP contribution in [0.5, 0.6) is 0 Å². The lowest BCUT2D eigenvalue weighted by atomic mass is 9.93. The van der Waals surface area contributed by atoms with Gasteiger partial charge in [0.1, 0.15) is 5.69 Å². The van der Waals surface area contributed by atoms with Crippen LogP contribution in [-0.4, -0.2) is 64.6 Å². The van der Waals surface area contributed by atoms with Crippen molar-refractivity contribution in [3.63, 3.8) is 0 Å². The maximum atomic E-state index is 12.5. The first-order valence-corrected chi connectivity index (χ1v) is 8.37. The Kier molecular flexibility index (Phi) is 4.17. The molecule has 126 valence electrons. The minimum Gasteiger partial charge on any atom is -0.374 e. The molecule has 7 nitrogen and oxygen atoms in total. The lowest BCUT2D eigenvalue weighted by Crippen LogP contribution is -2.49. The van der Waals surface area contributed by atoms with Gasteiger partial charge in [0.2, 0.25) is 5.95 Å². The highest BCUT2D eigenvalue weighted by molar-refractivity contribution is 5.92. The Morgan fingerprint density at radius 3 is 2.88 bits per heavy atom. The summed E-state index contributed by atoms with van der Waals surface area (Å²) in [4.78, 5) is 28.3. The molecule has 1 amide bonds. The molecule has 2 aliphatic rings. The number of nitrogens with zero attached hydrogens (tertiary/aromatic N) is 4. The van der Waals surface area contributed by atoms with Crippen molar-refractivity contribution < 1.29 is 9.53 Å². The Morgan fingerprint density at radius 2 is 2.08 bits per heavy atom. The summed E-state index contributed by atoms with van der Waals surface area (Å²) in [7, 11) is 0. The molecule has 24 heavy (non-hydrogen) atoms. The molecule has 0 unspecified atom stereocenters. The van der Waals surface area contributed by atoms with Crippen LogP contribution in [-0.2, 0) is 4.74 Å². The van der Waals surface area contributed by atoms with Crippen molar-refractivity contribution >= 4 is 11.9 Å². The summed E-state index contributed by atoms with van der Waals surface area (Å²) in [5.41, 5.74) is 0.640. The lowest BCUT2D eigenvalue weighted by molar-refractivity contribution is -0.0170. The van der Waals surface area contributed by atoms with Crippen molar-refractivity contribution in [3.05, 3.63) is 42.5 Å². The molecule has 2 fully saturated rings. The van der Waals surface area contributed by atoms with Crippen molar-refractivity contribution in [1.29, 1.82) is 0 Å². The fourth-order valence-corrected chi connectivity index (χ4v) is 3.51. The van der Waals surface area contributed by atoms with Crippen LogP contribution >= 0.6 is 0 Å². The molecule has 4 heterocycles. The number of carbonyl (C=O) groups is 1. The summed E-state index contributed by atoms with van der Waals surface area (Å²) in [6, 6.07) is 5.49. The maximum Gasteiger partial charge on any atom is 0.270 e. The van der Waals surface area contributed by atoms with E-state index >= 15 is 0 Å². The average molecular weight is 327 g/mol. The van der Waals surface area contributed by atoms with Crippen LogP contribution in [0.1, 0.15) is 16.9 Å². The van der Waals surface area contributed by atoms with Crippen LogP contribution < -0.4 is 4.90 Å². The molecule has 0 saturated carbocycles. The van der Waals surface area contributed by atoms with Crippen molar-refractivity contribution in [2.75, 3.05) is 37.7 Å². The van der Waals surface area contributed by atoms with Gasteiger partial charge in [-0.1, -0.05) is 0 Å². The van der Waals surface area contributed by atoms with Gasteiger partial charge in [-0.15, -0.1) is 0 Å². The summed E-state index contributed by atoms with van der Waals surface area (Å²) in [6.07, 6.45) is 6.32. The Balaban J connectivity index is 1.44. The first-order valence-electron chi connectivity index (χ1n) is 8.37. The molecular weight excluding hydrogens is 306 g/mol. The summed E-state index contributed by atoms with van der Waals surface area (Å²) < 4.78 is 6.06. The van der Waals surface area contributed by atoms with Crippen LogP contribution in [0, 0.1) is 5.92 Å². The van der Waals surface area contributed by atoms with E-state index in [1.165, 1.54) is 0 Å². The Morgan fingerprint density at radius 1 is 1.21 bits per heavy atom. The zero-order valence-corrected chi connectivity index (χ0v) is 13.5. The fraction of sp³-hybridized carbons (Fsp3) is 0.471. The molecule has 2 aliphatic heterocycles. The number of fused-ring (bicyclic) bond motifs is 1. The molecule has 1 N–H and O–H groups in total. The van der Waals surface area contributed by atoms with E-state index in [0.29, 0.717) is 24.8 Å². The number of carbonyl (C=O) groups excluding carboxylic acids is 1. The van der Waals surface area contributed by atoms with E-state index < -0.39 is 0 Å². The number of ether oxygens (including phenoxy) is 1. The maximum absolute atomic E-state index is 12.5. The molecule has 0 aliphatic carbocycles. The second kappa shape index (κ2) is 6.60. The summed E-state index contributed by atoms with van der Waals surface area (Å²) >= 11 is 0. The Labute approximate surface area is 140 Å². The SMILES string of the molecule is O=C(c1ccc[nH]1)N1CC[C@H]2CN(c3ncccn3)CCO[C@@H]2C1. The minimum atomic E-state index is 0.0505. The number of likely N-dealkylation sites (tertiary alicyclic amines) is 1. The quantitative estimate of drug-likeness (QED) is 0.896. The normalized spacial score (nSPS) is 24.3. The number of H-pyrrole nitrogens is 1. The number of piperidine rings is 1. The molecule has 0 spiro atoms. The fourth-order valence-electron chi connectivity index (χ4n) is 3.51. The Hall–Kier alpha value is -2.41. The minimum absolute atomic E-state index is 0.0505. The number of hydrogen-bond acceptors (Lipinski definition) is 5. The predicted octanol–water partition coefficient (Wildman–Crippen LogP) is 1.17. The van der Waals surface area contributed by atoms with E-state index in [0.717, 1.165) is 32.0 Å². The molecule has 0 aromatic carbocycles. The number of rotatable bonds is 2. The average Bonchev–Trinajstić information content (AvgIpc) is 3.08. The van der Waals surface area contributed by atoms with Crippen LogP contribution in [0.25, 0.3) is 0 Å². The van der Waals surface area contributed by atoms with Gasteiger partial charge in [0.15, 0.2) is 0 Å². The highest BCUT2D eigenvalue weighted by Gasteiger charge is 2.35. The van der Waals surface area contributed by atoms with Gasteiger partial charge in [-0.05, 0) is 24.6 Å². The molecule has 4 rings (SSSR count). The third-order valence-corrected chi connectivity index (χ3v) is 4.79. The van der Waals surface area contributed by atoms with E-state index in [1.807, 2.05) is 23.1 Å². The predicted molar refractivity (Wildman–Crippen MR) is 88.8 cm³/mol. The van der Waals surface area contributed by atoms with Gasteiger partial charge in [-0.2, -0.15) is 0 Å². The zero-order chi connectivity index (χ0) is 16.4. The van der Waals surface area contributed by atoms with Gasteiger partial charge >= 0.3 is 0 Å². The van der Waals surface area contributed by atoms with Crippen molar-refractivity contribution in [2.45, 2.75) is 12.5 Å². The van der Waals surface area contributed by atoms with Crippen LogP contribution in [0.4, 0.5) is 5.95 Å². The van der Waals surface area contributed by atoms with Crippen molar-refractivity contribution in [1.82, 2.24) is 19.9 Å². The monoisotopic (exact) mass is 327 g/mol. The summed E-state index contributed by atoms with van der Waals surface area (Å²) in [6.45, 7) is 3.68. The van der Waals surface area contributed by atoms with E-state index in [2.05, 4.69) is 19.9 Å². The van der Waals surface area contributed by atoms with Gasteiger partial charge in [0, 0.05) is 50.7 Å². The first-order chi connectivity index (χ1) is 11.8. The number of anilines is 1. The second-order valence-corrected chi connectivity index (χ2v) is 6.29. The lowest BCUT2D eigenvalue weighted by Gasteiger charge is -2.37. The van der Waals surface area contributed by atoms with Crippen LogP contribution in [0.2, 0.25) is 0 Å². The highest BCUT2D eigenvalue weighted by Crippen LogP contribution is 2.26. The number of nitrogens with one attached hydrogen (secondary N) is 1. The van der Waals surface area contributed by atoms with Gasteiger partial charge in [0.05, 0.1) is 12.7 Å². The van der Waals surface area contributed by atoms with Crippen molar-refractivity contribution in [3.8, 4) is 0 Å². The Bertz CT molecular complexity index is 676. The molecule has 2 aromatic heterocycles. The van der Waals surface area contributed by atoms with E-state index in [-0.39, 0.29) is 12.0 Å². The van der Waals surface area contributed by atoms with Crippen molar-refractivity contribution in [2.24, 2.45) is 5.92 Å². The first kappa shape index (κ1) is 15.1. The summed E-state index contributed by atoms with van der Waals surface area (Å²) in [5.74, 6) is 1.20. The topological polar surface area (TPSA) is 74.4 Å². The van der Waals surface area contributed by atoms with Gasteiger partial charge < -0.3 is 19.5 Å². The van der Waals surface area contributed by atoms with Gasteiger partial charge in [-0.3, -0.25) is 4.79 Å². The largest absolute Gasteiger partial charge is 0.374 e. The second-order valence-electron chi connectivity index (χ2n) is 6.29. The van der Waals surface area contributed by atoms with E-state index in [1.54, 1.807) is 18.6 Å². The summed E-state index contributed by atoms with van der Waals surface area (Å²) in [5, 5.41) is 0. The number of amides is 1. The van der Waals surface area contributed by atoms with Gasteiger partial charge in [0.25, 0.3) is 5.91 Å². The smallest absolute Gasteiger partial charge is 0.270 e. The zero-order valence-electron chi connectivity index (χ0n) is 13.5. The molecule has 7 heteroatoms. The number of aromatic nitrogens is 3. The molecule has 0 bridgehead atoms. The molecule has 2 aromatic rings. The van der Waals surface area contributed by atoms with E-state index in [9.17, 15) is 4.79 Å². The van der Waals surface area contributed by atoms with Gasteiger partial charge in [-0.25, -0.2) is 9.97 Å². The van der Waals surface area contributed by atoms with Crippen LogP contribution in [0.3, 0.4) is 0 Å². The molecule has 0 radical (unpaired) electrons. The molecular formula is C17H21N5O2. The number of aromatic amines is 1. The van der Waals surface area contributed by atoms with E-state index in [4.69, 9.17) is 4.74 Å². The molecule has 2 saturated heterocycles. The highest BCUT2D eigenvalue weighted by atomic mass is 16.5. The number of hydrogen-bond donors (Lipinski definition) is 1. The molecule has 2 atom stereocenters. The third kappa shape index (κ3) is 2.99. The third-order valence-electron chi connectivity index (χ3n) is 4.79. The standard InChI is InChI=1S/C17H21N5O2/c23-16(14-3-1-5-18-14)21-8-4-13-11-22(9-10-24-15(13)12-21)17-19-6-2-7-20-17/h1-3,5-7,13,15,18H,4,8-12H2/t13-,15+/m0/s1.